The predicted octanol–water partition coefficient (Wildman–Crippen LogP) is 3.01. The Morgan fingerprint density at radius 3 is 2.31 bits per heavy atom. The van der Waals surface area contributed by atoms with Crippen LogP contribution in [0.15, 0.2) is 54.6 Å². The molecule has 2 aromatic rings. The van der Waals surface area contributed by atoms with E-state index in [-0.39, 0.29) is 18.6 Å². The van der Waals surface area contributed by atoms with Gasteiger partial charge in [-0.25, -0.2) is 0 Å². The summed E-state index contributed by atoms with van der Waals surface area (Å²) >= 11 is 0. The smallest absolute Gasteiger partial charge is 0.255 e. The molecular formula is C21H24N2O3. The van der Waals surface area contributed by atoms with Crippen LogP contribution < -0.4 is 15.8 Å². The third kappa shape index (κ3) is 4.63. The fourth-order valence-corrected chi connectivity index (χ4v) is 3.49. The molecular weight excluding hydrogens is 328 g/mol. The molecule has 1 aliphatic rings. The Morgan fingerprint density at radius 1 is 0.962 bits per heavy atom. The first-order valence-corrected chi connectivity index (χ1v) is 8.99. The molecule has 1 saturated carbocycles. The van der Waals surface area contributed by atoms with Gasteiger partial charge in [0.25, 0.3) is 11.8 Å². The number of nitrogens with one attached hydrogen (secondary N) is 1. The van der Waals surface area contributed by atoms with E-state index in [0.29, 0.717) is 17.2 Å². The van der Waals surface area contributed by atoms with Crippen LogP contribution in [-0.4, -0.2) is 24.5 Å². The van der Waals surface area contributed by atoms with Crippen LogP contribution >= 0.6 is 0 Å². The van der Waals surface area contributed by atoms with Gasteiger partial charge in [-0.3, -0.25) is 9.59 Å². The van der Waals surface area contributed by atoms with Gasteiger partial charge in [0.2, 0.25) is 0 Å². The zero-order valence-electron chi connectivity index (χ0n) is 14.7. The van der Waals surface area contributed by atoms with Gasteiger partial charge in [-0.05, 0) is 49.3 Å². The number of amides is 2. The van der Waals surface area contributed by atoms with Gasteiger partial charge in [0.1, 0.15) is 5.75 Å². The summed E-state index contributed by atoms with van der Waals surface area (Å²) in [5, 5.41) is 3.10. The van der Waals surface area contributed by atoms with Crippen molar-refractivity contribution in [1.29, 1.82) is 0 Å². The summed E-state index contributed by atoms with van der Waals surface area (Å²) in [5.74, 6) is 0.199. The van der Waals surface area contributed by atoms with Gasteiger partial charge < -0.3 is 15.8 Å². The number of para-hydroxylation sites is 1. The molecule has 3 N–H and O–H groups in total. The second-order valence-electron chi connectivity index (χ2n) is 6.68. The van der Waals surface area contributed by atoms with Gasteiger partial charge in [0, 0.05) is 6.04 Å². The van der Waals surface area contributed by atoms with E-state index < -0.39 is 5.91 Å². The fourth-order valence-electron chi connectivity index (χ4n) is 3.49. The second kappa shape index (κ2) is 8.52. The van der Waals surface area contributed by atoms with Crippen LogP contribution in [0.5, 0.6) is 5.75 Å². The molecule has 0 aromatic heterocycles. The fraction of sp³-hybridized carbons (Fsp3) is 0.333. The summed E-state index contributed by atoms with van der Waals surface area (Å²) in [6.07, 6.45) is 4.04. The maximum Gasteiger partial charge on any atom is 0.255 e. The number of nitrogens with two attached hydrogens (primary N) is 1. The van der Waals surface area contributed by atoms with Crippen molar-refractivity contribution in [3.05, 3.63) is 65.7 Å². The minimum atomic E-state index is -0.570. The Hall–Kier alpha value is -2.82. The maximum atomic E-state index is 12.6. The molecule has 5 heteroatoms. The number of ether oxygens (including phenoxy) is 1. The number of carbonyl (C=O) groups is 2. The van der Waals surface area contributed by atoms with E-state index in [1.165, 1.54) is 5.56 Å². The van der Waals surface area contributed by atoms with E-state index in [1.807, 2.05) is 6.07 Å². The minimum absolute atomic E-state index is 0.159. The zero-order chi connectivity index (χ0) is 18.4. The number of hydrogen-bond donors (Lipinski definition) is 2. The van der Waals surface area contributed by atoms with Crippen molar-refractivity contribution in [2.24, 2.45) is 5.73 Å². The van der Waals surface area contributed by atoms with E-state index in [2.05, 4.69) is 29.6 Å². The van der Waals surface area contributed by atoms with Crippen LogP contribution in [0.4, 0.5) is 0 Å². The molecule has 2 amide bonds. The van der Waals surface area contributed by atoms with Crippen LogP contribution in [0, 0.1) is 0 Å². The highest BCUT2D eigenvalue weighted by Crippen LogP contribution is 2.33. The predicted molar refractivity (Wildman–Crippen MR) is 100 cm³/mol. The summed E-state index contributed by atoms with van der Waals surface area (Å²) < 4.78 is 5.35. The minimum Gasteiger partial charge on any atom is -0.483 e. The molecule has 1 aliphatic carbocycles. The molecule has 3 rings (SSSR count). The number of carbonyl (C=O) groups excluding carboxylic acids is 2. The molecule has 0 bridgehead atoms. The SMILES string of the molecule is NC(=O)COc1ccccc1C(=O)NC1CCC(c2ccccc2)CC1. The summed E-state index contributed by atoms with van der Waals surface area (Å²) in [6, 6.07) is 17.6. The van der Waals surface area contributed by atoms with Gasteiger partial charge >= 0.3 is 0 Å². The molecule has 0 atom stereocenters. The molecule has 1 fully saturated rings. The van der Waals surface area contributed by atoms with Crippen molar-refractivity contribution < 1.29 is 14.3 Å². The van der Waals surface area contributed by atoms with Crippen LogP contribution in [0.25, 0.3) is 0 Å². The van der Waals surface area contributed by atoms with Crippen LogP contribution in [0.2, 0.25) is 0 Å². The first-order valence-electron chi connectivity index (χ1n) is 8.99. The molecule has 0 heterocycles. The largest absolute Gasteiger partial charge is 0.483 e. The Balaban J connectivity index is 1.57. The van der Waals surface area contributed by atoms with E-state index in [4.69, 9.17) is 10.5 Å². The molecule has 0 spiro atoms. The first kappa shape index (κ1) is 18.0. The quantitative estimate of drug-likeness (QED) is 0.838. The maximum absolute atomic E-state index is 12.6. The van der Waals surface area contributed by atoms with Gasteiger partial charge in [0.15, 0.2) is 6.61 Å². The van der Waals surface area contributed by atoms with E-state index in [1.54, 1.807) is 24.3 Å². The Labute approximate surface area is 153 Å². The third-order valence-corrected chi connectivity index (χ3v) is 4.83. The average molecular weight is 352 g/mol. The Bertz CT molecular complexity index is 753. The lowest BCUT2D eigenvalue weighted by atomic mass is 9.82. The number of benzene rings is 2. The van der Waals surface area contributed by atoms with Crippen molar-refractivity contribution >= 4 is 11.8 Å². The molecule has 0 saturated heterocycles. The monoisotopic (exact) mass is 352 g/mol. The first-order chi connectivity index (χ1) is 12.6. The lowest BCUT2D eigenvalue weighted by Gasteiger charge is -2.29. The molecule has 136 valence electrons. The molecule has 0 unspecified atom stereocenters. The lowest BCUT2D eigenvalue weighted by Crippen LogP contribution is -2.37. The number of rotatable bonds is 6. The van der Waals surface area contributed by atoms with Crippen LogP contribution in [0.3, 0.4) is 0 Å². The van der Waals surface area contributed by atoms with Gasteiger partial charge in [0.05, 0.1) is 5.56 Å². The molecule has 2 aromatic carbocycles. The van der Waals surface area contributed by atoms with Crippen LogP contribution in [0.1, 0.15) is 47.5 Å². The van der Waals surface area contributed by atoms with E-state index in [9.17, 15) is 9.59 Å². The summed E-state index contributed by atoms with van der Waals surface area (Å²) in [6.45, 7) is -0.244. The summed E-state index contributed by atoms with van der Waals surface area (Å²) in [4.78, 5) is 23.5. The molecule has 0 aliphatic heterocycles. The van der Waals surface area contributed by atoms with Gasteiger partial charge in [-0.1, -0.05) is 42.5 Å². The van der Waals surface area contributed by atoms with Crippen molar-refractivity contribution in [2.45, 2.75) is 37.6 Å². The number of hydrogen-bond acceptors (Lipinski definition) is 3. The highest BCUT2D eigenvalue weighted by atomic mass is 16.5. The topological polar surface area (TPSA) is 81.4 Å². The van der Waals surface area contributed by atoms with Gasteiger partial charge in [-0.2, -0.15) is 0 Å². The lowest BCUT2D eigenvalue weighted by molar-refractivity contribution is -0.119. The Kier molecular flexibility index (Phi) is 5.89. The summed E-state index contributed by atoms with van der Waals surface area (Å²) in [7, 11) is 0. The van der Waals surface area contributed by atoms with Crippen LogP contribution in [-0.2, 0) is 4.79 Å². The standard InChI is InChI=1S/C21H24N2O3/c22-20(24)14-26-19-9-5-4-8-18(19)21(25)23-17-12-10-16(11-13-17)15-6-2-1-3-7-15/h1-9,16-17H,10-14H2,(H2,22,24)(H,23,25). The molecule has 0 radical (unpaired) electrons. The van der Waals surface area contributed by atoms with Crippen molar-refractivity contribution in [3.8, 4) is 5.75 Å². The van der Waals surface area contributed by atoms with Crippen molar-refractivity contribution in [1.82, 2.24) is 5.32 Å². The highest BCUT2D eigenvalue weighted by molar-refractivity contribution is 5.97. The second-order valence-corrected chi connectivity index (χ2v) is 6.68. The van der Waals surface area contributed by atoms with E-state index in [0.717, 1.165) is 25.7 Å². The Morgan fingerprint density at radius 2 is 1.62 bits per heavy atom. The van der Waals surface area contributed by atoms with Crippen molar-refractivity contribution in [3.63, 3.8) is 0 Å². The van der Waals surface area contributed by atoms with Crippen molar-refractivity contribution in [2.75, 3.05) is 6.61 Å². The normalized spacial score (nSPS) is 19.5. The van der Waals surface area contributed by atoms with Gasteiger partial charge in [-0.15, -0.1) is 0 Å². The average Bonchev–Trinajstić information content (AvgIpc) is 2.68. The summed E-state index contributed by atoms with van der Waals surface area (Å²) in [5.41, 5.74) is 6.92. The number of primary amides is 1. The van der Waals surface area contributed by atoms with E-state index >= 15 is 0 Å². The molecule has 26 heavy (non-hydrogen) atoms. The zero-order valence-corrected chi connectivity index (χ0v) is 14.7. The molecule has 5 nitrogen and oxygen atoms in total. The third-order valence-electron chi connectivity index (χ3n) is 4.83. The highest BCUT2D eigenvalue weighted by Gasteiger charge is 2.24.